The molecule has 2 N–H and O–H groups in total. The Morgan fingerprint density at radius 1 is 1.40 bits per heavy atom. The van der Waals surface area contributed by atoms with Crippen molar-refractivity contribution in [1.82, 2.24) is 30.5 Å². The summed E-state index contributed by atoms with van der Waals surface area (Å²) in [7, 11) is 0. The number of hydrogen-bond acceptors (Lipinski definition) is 6. The van der Waals surface area contributed by atoms with Gasteiger partial charge in [-0.15, -0.1) is 21.5 Å². The van der Waals surface area contributed by atoms with E-state index in [0.717, 1.165) is 16.3 Å². The minimum absolute atomic E-state index is 0.167. The fourth-order valence-electron chi connectivity index (χ4n) is 2.25. The molecule has 130 valence electrons. The minimum atomic E-state index is -0.291. The first-order chi connectivity index (χ1) is 12.0. The number of tetrazole rings is 1. The summed E-state index contributed by atoms with van der Waals surface area (Å²) in [5, 5.41) is 20.9. The largest absolute Gasteiger partial charge is 0.330 e. The average molecular weight is 357 g/mol. The number of carbonyl (C=O) groups is 1. The third kappa shape index (κ3) is 4.18. The molecule has 3 aromatic rings. The van der Waals surface area contributed by atoms with Crippen LogP contribution in [0.2, 0.25) is 0 Å². The maximum atomic E-state index is 12.2. The van der Waals surface area contributed by atoms with Gasteiger partial charge in [-0.25, -0.2) is 9.78 Å². The van der Waals surface area contributed by atoms with Crippen LogP contribution in [-0.4, -0.2) is 31.2 Å². The second-order valence-electron chi connectivity index (χ2n) is 5.49. The van der Waals surface area contributed by atoms with Crippen LogP contribution in [0.1, 0.15) is 30.6 Å². The lowest BCUT2D eigenvalue weighted by Gasteiger charge is -2.13. The van der Waals surface area contributed by atoms with Gasteiger partial charge in [-0.1, -0.05) is 12.1 Å². The molecule has 1 aromatic carbocycles. The van der Waals surface area contributed by atoms with Crippen LogP contribution in [0.15, 0.2) is 29.6 Å². The summed E-state index contributed by atoms with van der Waals surface area (Å²) in [5.74, 6) is 0.525. The van der Waals surface area contributed by atoms with Crippen LogP contribution in [0.5, 0.6) is 0 Å². The molecule has 8 nitrogen and oxygen atoms in total. The average Bonchev–Trinajstić information content (AvgIpc) is 3.23. The Morgan fingerprint density at radius 3 is 2.92 bits per heavy atom. The van der Waals surface area contributed by atoms with Crippen molar-refractivity contribution in [3.05, 3.63) is 40.3 Å². The maximum absolute atomic E-state index is 12.2. The van der Waals surface area contributed by atoms with Crippen molar-refractivity contribution in [2.45, 2.75) is 33.4 Å². The summed E-state index contributed by atoms with van der Waals surface area (Å²) in [4.78, 5) is 18.1. The molecule has 1 unspecified atom stereocenters. The van der Waals surface area contributed by atoms with Crippen LogP contribution in [0.4, 0.5) is 10.5 Å². The predicted octanol–water partition coefficient (Wildman–Crippen LogP) is 3.01. The van der Waals surface area contributed by atoms with E-state index >= 15 is 0 Å². The van der Waals surface area contributed by atoms with E-state index in [2.05, 4.69) is 31.0 Å². The fraction of sp³-hybridized carbons (Fsp3) is 0.312. The molecule has 2 amide bonds. The lowest BCUT2D eigenvalue weighted by molar-refractivity contribution is 0.249. The van der Waals surface area contributed by atoms with E-state index in [-0.39, 0.29) is 12.1 Å². The zero-order chi connectivity index (χ0) is 17.8. The van der Waals surface area contributed by atoms with Gasteiger partial charge in [0.05, 0.1) is 23.3 Å². The molecular weight excluding hydrogens is 338 g/mol. The van der Waals surface area contributed by atoms with Gasteiger partial charge in [-0.05, 0) is 38.1 Å². The molecule has 0 aliphatic rings. The molecule has 0 fully saturated rings. The van der Waals surface area contributed by atoms with Gasteiger partial charge in [-0.2, -0.15) is 4.80 Å². The number of urea groups is 1. The van der Waals surface area contributed by atoms with E-state index in [9.17, 15) is 4.79 Å². The van der Waals surface area contributed by atoms with E-state index in [4.69, 9.17) is 0 Å². The summed E-state index contributed by atoms with van der Waals surface area (Å²) in [6.45, 7) is 6.44. The molecular formula is C16H19N7OS. The van der Waals surface area contributed by atoms with Crippen molar-refractivity contribution in [2.75, 3.05) is 5.32 Å². The molecule has 0 bridgehead atoms. The van der Waals surface area contributed by atoms with E-state index < -0.39 is 0 Å². The van der Waals surface area contributed by atoms with Gasteiger partial charge in [0.1, 0.15) is 0 Å². The zero-order valence-corrected chi connectivity index (χ0v) is 15.0. The van der Waals surface area contributed by atoms with Crippen molar-refractivity contribution in [2.24, 2.45) is 0 Å². The van der Waals surface area contributed by atoms with Gasteiger partial charge >= 0.3 is 6.03 Å². The number of rotatable bonds is 5. The van der Waals surface area contributed by atoms with Crippen molar-refractivity contribution in [3.8, 4) is 11.4 Å². The number of nitrogens with zero attached hydrogens (tertiary/aromatic N) is 5. The highest BCUT2D eigenvalue weighted by Crippen LogP contribution is 2.19. The Bertz CT molecular complexity index is 873. The highest BCUT2D eigenvalue weighted by atomic mass is 32.1. The molecule has 0 aliphatic heterocycles. The molecule has 0 radical (unpaired) electrons. The van der Waals surface area contributed by atoms with Crippen LogP contribution in [0.3, 0.4) is 0 Å². The Morgan fingerprint density at radius 2 is 2.24 bits per heavy atom. The number of carbonyl (C=O) groups excluding carboxylic acids is 1. The Labute approximate surface area is 149 Å². The summed E-state index contributed by atoms with van der Waals surface area (Å²) < 4.78 is 0. The molecule has 25 heavy (non-hydrogen) atoms. The number of thiazole rings is 1. The highest BCUT2D eigenvalue weighted by molar-refractivity contribution is 7.09. The molecule has 0 aliphatic carbocycles. The number of benzene rings is 1. The lowest BCUT2D eigenvalue weighted by Crippen LogP contribution is -2.31. The number of amides is 2. The molecule has 3 rings (SSSR count). The topological polar surface area (TPSA) is 97.6 Å². The van der Waals surface area contributed by atoms with Crippen LogP contribution in [-0.2, 0) is 6.54 Å². The van der Waals surface area contributed by atoms with Gasteiger partial charge in [0.2, 0.25) is 5.82 Å². The second kappa shape index (κ2) is 7.39. The number of aryl methyl sites for hydroxylation is 2. The number of hydrogen-bond donors (Lipinski definition) is 2. The monoisotopic (exact) mass is 357 g/mol. The van der Waals surface area contributed by atoms with Crippen molar-refractivity contribution in [1.29, 1.82) is 0 Å². The second-order valence-corrected chi connectivity index (χ2v) is 6.56. The Kier molecular flexibility index (Phi) is 5.03. The third-order valence-electron chi connectivity index (χ3n) is 3.54. The summed E-state index contributed by atoms with van der Waals surface area (Å²) >= 11 is 1.56. The Hall–Kier alpha value is -2.81. The summed E-state index contributed by atoms with van der Waals surface area (Å²) in [6.07, 6.45) is 0. The third-order valence-corrected chi connectivity index (χ3v) is 4.33. The maximum Gasteiger partial charge on any atom is 0.319 e. The smallest absolute Gasteiger partial charge is 0.319 e. The molecule has 2 heterocycles. The molecule has 1 atom stereocenters. The van der Waals surface area contributed by atoms with E-state index in [1.54, 1.807) is 11.3 Å². The standard InChI is InChI=1S/C16H19N7OS/c1-4-23-21-15(20-22-23)12-6-5-7-13(8-12)19-16(24)17-10(2)14-9-25-11(3)18-14/h5-10H,4H2,1-3H3,(H2,17,19,24). The molecule has 0 saturated carbocycles. The van der Waals surface area contributed by atoms with E-state index in [1.165, 1.54) is 4.80 Å². The summed E-state index contributed by atoms with van der Waals surface area (Å²) in [6, 6.07) is 6.88. The van der Waals surface area contributed by atoms with Crippen LogP contribution in [0, 0.1) is 6.92 Å². The first-order valence-corrected chi connectivity index (χ1v) is 8.81. The van der Waals surface area contributed by atoms with Crippen molar-refractivity contribution < 1.29 is 4.79 Å². The Balaban J connectivity index is 1.66. The van der Waals surface area contributed by atoms with E-state index in [0.29, 0.717) is 18.1 Å². The SMILES string of the molecule is CCn1nnc(-c2cccc(NC(=O)NC(C)c3csc(C)n3)c2)n1. The van der Waals surface area contributed by atoms with E-state index in [1.807, 2.05) is 50.4 Å². The van der Waals surface area contributed by atoms with Gasteiger partial charge < -0.3 is 10.6 Å². The first kappa shape index (κ1) is 17.0. The minimum Gasteiger partial charge on any atom is -0.330 e. The fourth-order valence-corrected chi connectivity index (χ4v) is 2.95. The van der Waals surface area contributed by atoms with Crippen molar-refractivity contribution in [3.63, 3.8) is 0 Å². The predicted molar refractivity (Wildman–Crippen MR) is 96.3 cm³/mol. The normalized spacial score (nSPS) is 12.0. The van der Waals surface area contributed by atoms with Gasteiger partial charge in [-0.3, -0.25) is 0 Å². The first-order valence-electron chi connectivity index (χ1n) is 7.93. The van der Waals surface area contributed by atoms with Crippen LogP contribution < -0.4 is 10.6 Å². The molecule has 0 saturated heterocycles. The quantitative estimate of drug-likeness (QED) is 0.731. The van der Waals surface area contributed by atoms with Gasteiger partial charge in [0.25, 0.3) is 0 Å². The number of aromatic nitrogens is 5. The number of nitrogens with one attached hydrogen (secondary N) is 2. The van der Waals surface area contributed by atoms with Gasteiger partial charge in [0, 0.05) is 16.6 Å². The van der Waals surface area contributed by atoms with Crippen molar-refractivity contribution >= 4 is 23.1 Å². The lowest BCUT2D eigenvalue weighted by atomic mass is 10.2. The summed E-state index contributed by atoms with van der Waals surface area (Å²) in [5.41, 5.74) is 2.30. The molecule has 9 heteroatoms. The molecule has 2 aromatic heterocycles. The zero-order valence-electron chi connectivity index (χ0n) is 14.2. The number of anilines is 1. The van der Waals surface area contributed by atoms with Crippen LogP contribution in [0.25, 0.3) is 11.4 Å². The molecule has 0 spiro atoms. The van der Waals surface area contributed by atoms with Gasteiger partial charge in [0.15, 0.2) is 0 Å². The van der Waals surface area contributed by atoms with Crippen LogP contribution >= 0.6 is 11.3 Å². The highest BCUT2D eigenvalue weighted by Gasteiger charge is 2.13.